The Morgan fingerprint density at radius 3 is 2.62 bits per heavy atom. The molecule has 24 heavy (non-hydrogen) atoms. The van der Waals surface area contributed by atoms with Crippen molar-refractivity contribution in [2.24, 2.45) is 11.1 Å². The summed E-state index contributed by atoms with van der Waals surface area (Å²) in [5, 5.41) is 3.29. The SMILES string of the molecule is NCC1(CC(=O)NC2CCCN(c3ccccc3)C2)CCCCC1. The Hall–Kier alpha value is -1.55. The number of carbonyl (C=O) groups is 1. The minimum absolute atomic E-state index is 0.0517. The first kappa shape index (κ1) is 17.3. The van der Waals surface area contributed by atoms with E-state index in [9.17, 15) is 4.79 Å². The molecule has 1 atom stereocenters. The van der Waals surface area contributed by atoms with Crippen molar-refractivity contribution in [1.82, 2.24) is 5.32 Å². The normalized spacial score (nSPS) is 23.7. The molecule has 1 aromatic rings. The van der Waals surface area contributed by atoms with E-state index in [-0.39, 0.29) is 17.4 Å². The smallest absolute Gasteiger partial charge is 0.220 e. The standard InChI is InChI=1S/C20H31N3O/c21-16-20(11-5-2-6-12-20)14-19(24)22-17-8-7-13-23(15-17)18-9-3-1-4-10-18/h1,3-4,9-10,17H,2,5-8,11-16,21H2,(H,22,24). The summed E-state index contributed by atoms with van der Waals surface area (Å²) in [5.74, 6) is 0.197. The van der Waals surface area contributed by atoms with Gasteiger partial charge in [0, 0.05) is 31.2 Å². The number of carbonyl (C=O) groups excluding carboxylic acids is 1. The molecule has 2 aliphatic rings. The number of nitrogens with zero attached hydrogens (tertiary/aromatic N) is 1. The molecule has 0 radical (unpaired) electrons. The molecular weight excluding hydrogens is 298 g/mol. The lowest BCUT2D eigenvalue weighted by Crippen LogP contribution is -2.49. The molecule has 1 unspecified atom stereocenters. The van der Waals surface area contributed by atoms with Gasteiger partial charge in [-0.05, 0) is 49.8 Å². The highest BCUT2D eigenvalue weighted by molar-refractivity contribution is 5.77. The van der Waals surface area contributed by atoms with Gasteiger partial charge in [-0.1, -0.05) is 37.5 Å². The van der Waals surface area contributed by atoms with Gasteiger partial charge in [-0.2, -0.15) is 0 Å². The lowest BCUT2D eigenvalue weighted by molar-refractivity contribution is -0.124. The van der Waals surface area contributed by atoms with Gasteiger partial charge in [0.1, 0.15) is 0 Å². The third-order valence-electron chi connectivity index (χ3n) is 5.79. The molecule has 1 aliphatic carbocycles. The molecule has 3 N–H and O–H groups in total. The largest absolute Gasteiger partial charge is 0.369 e. The molecule has 1 aliphatic heterocycles. The van der Waals surface area contributed by atoms with E-state index in [1.807, 2.05) is 6.07 Å². The van der Waals surface area contributed by atoms with Crippen molar-refractivity contribution < 1.29 is 4.79 Å². The molecule has 1 heterocycles. The van der Waals surface area contributed by atoms with E-state index >= 15 is 0 Å². The second-order valence-electron chi connectivity index (χ2n) is 7.63. The van der Waals surface area contributed by atoms with Crippen LogP contribution in [0.1, 0.15) is 51.4 Å². The quantitative estimate of drug-likeness (QED) is 0.873. The maximum atomic E-state index is 12.6. The zero-order chi connectivity index (χ0) is 16.8. The van der Waals surface area contributed by atoms with Crippen molar-refractivity contribution >= 4 is 11.6 Å². The summed E-state index contributed by atoms with van der Waals surface area (Å²) in [5.41, 5.74) is 7.33. The Labute approximate surface area is 145 Å². The van der Waals surface area contributed by atoms with E-state index < -0.39 is 0 Å². The van der Waals surface area contributed by atoms with E-state index in [1.54, 1.807) is 0 Å². The van der Waals surface area contributed by atoms with Crippen LogP contribution in [0.15, 0.2) is 30.3 Å². The van der Waals surface area contributed by atoms with Gasteiger partial charge >= 0.3 is 0 Å². The third-order valence-corrected chi connectivity index (χ3v) is 5.79. The Kier molecular flexibility index (Phi) is 5.77. The molecular formula is C20H31N3O. The van der Waals surface area contributed by atoms with Gasteiger partial charge in [-0.25, -0.2) is 0 Å². The lowest BCUT2D eigenvalue weighted by Gasteiger charge is -2.38. The predicted molar refractivity (Wildman–Crippen MR) is 99.0 cm³/mol. The predicted octanol–water partition coefficient (Wildman–Crippen LogP) is 3.07. The van der Waals surface area contributed by atoms with Crippen molar-refractivity contribution in [2.45, 2.75) is 57.4 Å². The molecule has 0 aromatic heterocycles. The van der Waals surface area contributed by atoms with Crippen LogP contribution in [-0.4, -0.2) is 31.6 Å². The van der Waals surface area contributed by atoms with Crippen molar-refractivity contribution in [3.05, 3.63) is 30.3 Å². The van der Waals surface area contributed by atoms with Crippen molar-refractivity contribution in [2.75, 3.05) is 24.5 Å². The summed E-state index contributed by atoms with van der Waals surface area (Å²) in [7, 11) is 0. The van der Waals surface area contributed by atoms with E-state index in [4.69, 9.17) is 5.73 Å². The zero-order valence-electron chi connectivity index (χ0n) is 14.7. The highest BCUT2D eigenvalue weighted by Crippen LogP contribution is 2.38. The fraction of sp³-hybridized carbons (Fsp3) is 0.650. The van der Waals surface area contributed by atoms with Gasteiger partial charge in [0.05, 0.1) is 0 Å². The first-order chi connectivity index (χ1) is 11.7. The van der Waals surface area contributed by atoms with E-state index in [0.717, 1.165) is 38.8 Å². The summed E-state index contributed by atoms with van der Waals surface area (Å²) >= 11 is 0. The number of nitrogens with one attached hydrogen (secondary N) is 1. The van der Waals surface area contributed by atoms with Crippen LogP contribution in [0.5, 0.6) is 0 Å². The molecule has 4 nitrogen and oxygen atoms in total. The van der Waals surface area contributed by atoms with Gasteiger partial charge < -0.3 is 16.0 Å². The van der Waals surface area contributed by atoms with Crippen molar-refractivity contribution in [3.8, 4) is 0 Å². The summed E-state index contributed by atoms with van der Waals surface area (Å²) in [6, 6.07) is 10.7. The number of anilines is 1. The minimum atomic E-state index is 0.0517. The Bertz CT molecular complexity index is 525. The Morgan fingerprint density at radius 2 is 1.92 bits per heavy atom. The average Bonchev–Trinajstić information content (AvgIpc) is 2.63. The van der Waals surface area contributed by atoms with Gasteiger partial charge in [-0.3, -0.25) is 4.79 Å². The first-order valence-corrected chi connectivity index (χ1v) is 9.50. The molecule has 132 valence electrons. The maximum absolute atomic E-state index is 12.6. The second-order valence-corrected chi connectivity index (χ2v) is 7.63. The molecule has 2 fully saturated rings. The van der Waals surface area contributed by atoms with E-state index in [0.29, 0.717) is 13.0 Å². The number of amides is 1. The van der Waals surface area contributed by atoms with Crippen molar-refractivity contribution in [3.63, 3.8) is 0 Å². The topological polar surface area (TPSA) is 58.4 Å². The Morgan fingerprint density at radius 1 is 1.17 bits per heavy atom. The van der Waals surface area contributed by atoms with Gasteiger partial charge in [-0.15, -0.1) is 0 Å². The van der Waals surface area contributed by atoms with Crippen LogP contribution in [0.3, 0.4) is 0 Å². The maximum Gasteiger partial charge on any atom is 0.220 e. The average molecular weight is 329 g/mol. The first-order valence-electron chi connectivity index (χ1n) is 9.50. The van der Waals surface area contributed by atoms with Crippen LogP contribution >= 0.6 is 0 Å². The number of rotatable bonds is 5. The van der Waals surface area contributed by atoms with Crippen LogP contribution in [0.4, 0.5) is 5.69 Å². The van der Waals surface area contributed by atoms with Crippen LogP contribution < -0.4 is 16.0 Å². The molecule has 3 rings (SSSR count). The summed E-state index contributed by atoms with van der Waals surface area (Å²) < 4.78 is 0. The monoisotopic (exact) mass is 329 g/mol. The lowest BCUT2D eigenvalue weighted by atomic mass is 9.71. The molecule has 1 amide bonds. The van der Waals surface area contributed by atoms with Gasteiger partial charge in [0.25, 0.3) is 0 Å². The molecule has 0 spiro atoms. The number of hydrogen-bond donors (Lipinski definition) is 2. The highest BCUT2D eigenvalue weighted by atomic mass is 16.1. The summed E-state index contributed by atoms with van der Waals surface area (Å²) in [4.78, 5) is 15.0. The fourth-order valence-electron chi connectivity index (χ4n) is 4.34. The number of benzene rings is 1. The van der Waals surface area contributed by atoms with E-state index in [2.05, 4.69) is 34.5 Å². The number of hydrogen-bond acceptors (Lipinski definition) is 3. The molecule has 1 aromatic carbocycles. The van der Waals surface area contributed by atoms with Crippen LogP contribution in [-0.2, 0) is 4.79 Å². The summed E-state index contributed by atoms with van der Waals surface area (Å²) in [6.45, 7) is 2.62. The van der Waals surface area contributed by atoms with Crippen LogP contribution in [0, 0.1) is 5.41 Å². The molecule has 1 saturated heterocycles. The van der Waals surface area contributed by atoms with Crippen molar-refractivity contribution in [1.29, 1.82) is 0 Å². The van der Waals surface area contributed by atoms with Gasteiger partial charge in [0.15, 0.2) is 0 Å². The van der Waals surface area contributed by atoms with E-state index in [1.165, 1.54) is 24.9 Å². The molecule has 0 bridgehead atoms. The zero-order valence-corrected chi connectivity index (χ0v) is 14.7. The fourth-order valence-corrected chi connectivity index (χ4v) is 4.34. The summed E-state index contributed by atoms with van der Waals surface area (Å²) in [6.07, 6.45) is 8.75. The van der Waals surface area contributed by atoms with Crippen LogP contribution in [0.2, 0.25) is 0 Å². The Balaban J connectivity index is 1.54. The second kappa shape index (κ2) is 8.02. The number of piperidine rings is 1. The van der Waals surface area contributed by atoms with Crippen LogP contribution in [0.25, 0.3) is 0 Å². The minimum Gasteiger partial charge on any atom is -0.369 e. The third kappa shape index (κ3) is 4.29. The van der Waals surface area contributed by atoms with Gasteiger partial charge in [0.2, 0.25) is 5.91 Å². The molecule has 1 saturated carbocycles. The highest BCUT2D eigenvalue weighted by Gasteiger charge is 2.33. The molecule has 4 heteroatoms. The number of nitrogens with two attached hydrogens (primary N) is 1. The number of para-hydroxylation sites is 1.